The number of carbonyl (C=O) groups excluding carboxylic acids is 1. The van der Waals surface area contributed by atoms with Crippen LogP contribution >= 0.6 is 11.6 Å². The van der Waals surface area contributed by atoms with Crippen molar-refractivity contribution in [2.75, 3.05) is 59.4 Å². The van der Waals surface area contributed by atoms with Crippen molar-refractivity contribution >= 4 is 27.5 Å². The Bertz CT molecular complexity index is 788. The van der Waals surface area contributed by atoms with Gasteiger partial charge in [-0.05, 0) is 38.1 Å². The quantitative estimate of drug-likeness (QED) is 0.743. The molecule has 1 aromatic carbocycles. The van der Waals surface area contributed by atoms with Crippen LogP contribution in [0.5, 0.6) is 0 Å². The molecule has 0 saturated carbocycles. The van der Waals surface area contributed by atoms with Gasteiger partial charge in [0.25, 0.3) is 5.91 Å². The number of piperazine rings is 1. The molecule has 0 spiro atoms. The molecule has 3 rings (SSSR count). The third-order valence-electron chi connectivity index (χ3n) is 5.44. The van der Waals surface area contributed by atoms with Crippen molar-refractivity contribution in [3.8, 4) is 0 Å². The van der Waals surface area contributed by atoms with E-state index in [1.165, 1.54) is 22.5 Å². The molecule has 0 atom stereocenters. The Morgan fingerprint density at radius 3 is 2.43 bits per heavy atom. The lowest BCUT2D eigenvalue weighted by Gasteiger charge is -2.32. The number of carbonyl (C=O) groups is 1. The topological polar surface area (TPSA) is 73.0 Å². The van der Waals surface area contributed by atoms with Gasteiger partial charge in [0, 0.05) is 52.4 Å². The largest absolute Gasteiger partial charge is 0.351 e. The lowest BCUT2D eigenvalue weighted by Crippen LogP contribution is -2.46. The van der Waals surface area contributed by atoms with Crippen molar-refractivity contribution in [3.05, 3.63) is 28.8 Å². The zero-order valence-electron chi connectivity index (χ0n) is 16.4. The molecule has 0 unspecified atom stereocenters. The van der Waals surface area contributed by atoms with Crippen LogP contribution in [0.3, 0.4) is 0 Å². The highest BCUT2D eigenvalue weighted by Crippen LogP contribution is 2.25. The van der Waals surface area contributed by atoms with E-state index in [0.29, 0.717) is 19.6 Å². The lowest BCUT2D eigenvalue weighted by molar-refractivity contribution is 0.0941. The molecule has 2 heterocycles. The number of benzene rings is 1. The number of amides is 1. The van der Waals surface area contributed by atoms with Crippen LogP contribution in [-0.2, 0) is 10.0 Å². The number of rotatable bonds is 6. The van der Waals surface area contributed by atoms with Gasteiger partial charge in [-0.2, -0.15) is 4.31 Å². The van der Waals surface area contributed by atoms with Gasteiger partial charge in [0.2, 0.25) is 10.0 Å². The van der Waals surface area contributed by atoms with Gasteiger partial charge in [-0.1, -0.05) is 18.0 Å². The zero-order chi connectivity index (χ0) is 20.1. The van der Waals surface area contributed by atoms with Crippen LogP contribution in [0.1, 0.15) is 29.6 Å². The predicted molar refractivity (Wildman–Crippen MR) is 110 cm³/mol. The monoisotopic (exact) mass is 428 g/mol. The number of halogens is 1. The molecule has 2 aliphatic rings. The smallest absolute Gasteiger partial charge is 0.252 e. The Morgan fingerprint density at radius 2 is 1.75 bits per heavy atom. The van der Waals surface area contributed by atoms with Crippen LogP contribution in [0.25, 0.3) is 0 Å². The highest BCUT2D eigenvalue weighted by Gasteiger charge is 2.27. The summed E-state index contributed by atoms with van der Waals surface area (Å²) in [5.41, 5.74) is 0.207. The Labute approximate surface area is 172 Å². The zero-order valence-corrected chi connectivity index (χ0v) is 17.9. The second-order valence-corrected chi connectivity index (χ2v) is 9.85. The summed E-state index contributed by atoms with van der Waals surface area (Å²) in [7, 11) is -1.49. The van der Waals surface area contributed by atoms with Crippen LogP contribution < -0.4 is 5.32 Å². The van der Waals surface area contributed by atoms with Crippen molar-refractivity contribution < 1.29 is 13.2 Å². The van der Waals surface area contributed by atoms with Crippen LogP contribution in [0.4, 0.5) is 0 Å². The van der Waals surface area contributed by atoms with E-state index in [4.69, 9.17) is 11.6 Å². The predicted octanol–water partition coefficient (Wildman–Crippen LogP) is 1.49. The third kappa shape index (κ3) is 5.24. The van der Waals surface area contributed by atoms with E-state index < -0.39 is 10.0 Å². The molecule has 0 radical (unpaired) electrons. The number of likely N-dealkylation sites (N-methyl/N-ethyl adjacent to an activating group) is 1. The van der Waals surface area contributed by atoms with Gasteiger partial charge in [-0.25, -0.2) is 8.42 Å². The maximum atomic E-state index is 12.9. The van der Waals surface area contributed by atoms with E-state index in [1.54, 1.807) is 0 Å². The SMILES string of the molecule is CN1CCN(CCNC(=O)c2cc(S(=O)(=O)N3CCCCC3)ccc2Cl)CC1. The maximum Gasteiger partial charge on any atom is 0.252 e. The van der Waals surface area contributed by atoms with E-state index in [-0.39, 0.29) is 21.4 Å². The van der Waals surface area contributed by atoms with Gasteiger partial charge in [0.15, 0.2) is 0 Å². The van der Waals surface area contributed by atoms with Gasteiger partial charge in [-0.15, -0.1) is 0 Å². The molecule has 0 aromatic heterocycles. The molecule has 2 saturated heterocycles. The number of nitrogens with one attached hydrogen (secondary N) is 1. The Balaban J connectivity index is 1.63. The first-order valence-corrected chi connectivity index (χ1v) is 11.7. The number of piperidine rings is 1. The fourth-order valence-electron chi connectivity index (χ4n) is 3.59. The lowest BCUT2D eigenvalue weighted by atomic mass is 10.2. The van der Waals surface area contributed by atoms with Gasteiger partial charge >= 0.3 is 0 Å². The molecule has 0 aliphatic carbocycles. The van der Waals surface area contributed by atoms with Crippen LogP contribution in [0, 0.1) is 0 Å². The molecular formula is C19H29ClN4O3S. The molecule has 2 fully saturated rings. The Hall–Kier alpha value is -1.19. The van der Waals surface area contributed by atoms with Crippen molar-refractivity contribution in [3.63, 3.8) is 0 Å². The molecule has 9 heteroatoms. The van der Waals surface area contributed by atoms with E-state index in [9.17, 15) is 13.2 Å². The number of sulfonamides is 1. The molecule has 156 valence electrons. The summed E-state index contributed by atoms with van der Waals surface area (Å²) in [5.74, 6) is -0.338. The van der Waals surface area contributed by atoms with Gasteiger partial charge in [0.05, 0.1) is 15.5 Å². The second kappa shape index (κ2) is 9.54. The fourth-order valence-corrected chi connectivity index (χ4v) is 5.33. The summed E-state index contributed by atoms with van der Waals surface area (Å²) in [6.07, 6.45) is 2.78. The number of nitrogens with zero attached hydrogens (tertiary/aromatic N) is 3. The molecule has 2 aliphatic heterocycles. The molecule has 0 bridgehead atoms. The highest BCUT2D eigenvalue weighted by atomic mass is 35.5. The summed E-state index contributed by atoms with van der Waals surface area (Å²) < 4.78 is 27.2. The minimum Gasteiger partial charge on any atom is -0.351 e. The average Bonchev–Trinajstić information content (AvgIpc) is 2.70. The van der Waals surface area contributed by atoms with E-state index in [0.717, 1.165) is 52.0 Å². The summed E-state index contributed by atoms with van der Waals surface area (Å²) in [6, 6.07) is 4.37. The minimum absolute atomic E-state index is 0.128. The average molecular weight is 429 g/mol. The first-order valence-electron chi connectivity index (χ1n) is 9.87. The summed E-state index contributed by atoms with van der Waals surface area (Å²) in [4.78, 5) is 17.3. The third-order valence-corrected chi connectivity index (χ3v) is 7.67. The van der Waals surface area contributed by atoms with E-state index in [2.05, 4.69) is 22.2 Å². The Kier molecular flexibility index (Phi) is 7.33. The van der Waals surface area contributed by atoms with E-state index >= 15 is 0 Å². The van der Waals surface area contributed by atoms with E-state index in [1.807, 2.05) is 0 Å². The first kappa shape index (κ1) is 21.5. The molecule has 28 heavy (non-hydrogen) atoms. The molecule has 7 nitrogen and oxygen atoms in total. The first-order chi connectivity index (χ1) is 13.4. The Morgan fingerprint density at radius 1 is 1.07 bits per heavy atom. The molecule has 1 N–H and O–H groups in total. The van der Waals surface area contributed by atoms with Crippen LogP contribution in [0.2, 0.25) is 5.02 Å². The number of hydrogen-bond donors (Lipinski definition) is 1. The molecule has 1 amide bonds. The van der Waals surface area contributed by atoms with Crippen LogP contribution in [0.15, 0.2) is 23.1 Å². The van der Waals surface area contributed by atoms with Crippen molar-refractivity contribution in [2.45, 2.75) is 24.2 Å². The molecule has 1 aromatic rings. The van der Waals surface area contributed by atoms with Crippen molar-refractivity contribution in [1.29, 1.82) is 0 Å². The summed E-state index contributed by atoms with van der Waals surface area (Å²) in [6.45, 7) is 6.33. The standard InChI is InChI=1S/C19H29ClN4O3S/c1-22-11-13-23(14-12-22)10-7-21-19(25)17-15-16(5-6-18(17)20)28(26,27)24-8-3-2-4-9-24/h5-6,15H,2-4,7-14H2,1H3,(H,21,25). The van der Waals surface area contributed by atoms with Crippen molar-refractivity contribution in [2.24, 2.45) is 0 Å². The number of hydrogen-bond acceptors (Lipinski definition) is 5. The van der Waals surface area contributed by atoms with Gasteiger partial charge < -0.3 is 10.2 Å². The van der Waals surface area contributed by atoms with Gasteiger partial charge in [0.1, 0.15) is 0 Å². The van der Waals surface area contributed by atoms with Crippen LogP contribution in [-0.4, -0.2) is 87.8 Å². The minimum atomic E-state index is -3.60. The summed E-state index contributed by atoms with van der Waals surface area (Å²) >= 11 is 6.19. The maximum absolute atomic E-state index is 12.9. The van der Waals surface area contributed by atoms with Gasteiger partial charge in [-0.3, -0.25) is 9.69 Å². The normalized spacial score (nSPS) is 20.2. The summed E-state index contributed by atoms with van der Waals surface area (Å²) in [5, 5.41) is 3.13. The molecular weight excluding hydrogens is 400 g/mol. The van der Waals surface area contributed by atoms with Crippen molar-refractivity contribution in [1.82, 2.24) is 19.4 Å². The highest BCUT2D eigenvalue weighted by molar-refractivity contribution is 7.89. The fraction of sp³-hybridized carbons (Fsp3) is 0.632. The second-order valence-electron chi connectivity index (χ2n) is 7.51.